The Balaban J connectivity index is 1.70. The Morgan fingerprint density at radius 1 is 0.893 bits per heavy atom. The minimum Gasteiger partial charge on any atom is -0.497 e. The maximum atomic E-state index is 12.4. The molecule has 144 valence electrons. The number of amides is 1. The monoisotopic (exact) mass is 379 g/mol. The van der Waals surface area contributed by atoms with Crippen molar-refractivity contribution in [2.24, 2.45) is 0 Å². The van der Waals surface area contributed by atoms with Crippen molar-refractivity contribution in [2.45, 2.75) is 6.54 Å². The number of aromatic nitrogens is 2. The van der Waals surface area contributed by atoms with Gasteiger partial charge in [0.15, 0.2) is 11.5 Å². The molecule has 0 aliphatic heterocycles. The van der Waals surface area contributed by atoms with Gasteiger partial charge in [0, 0.05) is 11.1 Å². The summed E-state index contributed by atoms with van der Waals surface area (Å²) >= 11 is 0. The number of hydrogen-bond donors (Lipinski definition) is 1. The van der Waals surface area contributed by atoms with Crippen molar-refractivity contribution in [1.29, 1.82) is 0 Å². The molecule has 7 nitrogen and oxygen atoms in total. The van der Waals surface area contributed by atoms with Crippen LogP contribution in [0.25, 0.3) is 11.3 Å². The van der Waals surface area contributed by atoms with Crippen molar-refractivity contribution in [2.75, 3.05) is 21.3 Å². The number of nitrogens with one attached hydrogen (secondary N) is 1. The third-order valence-electron chi connectivity index (χ3n) is 4.19. The molecule has 0 bridgehead atoms. The highest BCUT2D eigenvalue weighted by Gasteiger charge is 2.11. The standard InChI is InChI=1S/C21H21N3O4/c1-26-17-7-4-14(5-8-17)18-11-16(23-13-24-18)12-22-21(25)15-6-9-19(27-2)20(10-15)28-3/h4-11,13H,12H2,1-3H3,(H,22,25). The molecule has 0 aliphatic carbocycles. The van der Waals surface area contributed by atoms with Crippen LogP contribution < -0.4 is 19.5 Å². The van der Waals surface area contributed by atoms with Crippen LogP contribution in [-0.4, -0.2) is 37.2 Å². The van der Waals surface area contributed by atoms with Gasteiger partial charge in [0.25, 0.3) is 5.91 Å². The van der Waals surface area contributed by atoms with E-state index in [1.807, 2.05) is 30.3 Å². The van der Waals surface area contributed by atoms with Gasteiger partial charge in [-0.15, -0.1) is 0 Å². The molecule has 1 N–H and O–H groups in total. The molecule has 0 saturated carbocycles. The first-order chi connectivity index (χ1) is 13.6. The van der Waals surface area contributed by atoms with Crippen LogP contribution in [0, 0.1) is 0 Å². The van der Waals surface area contributed by atoms with E-state index in [0.717, 1.165) is 17.0 Å². The largest absolute Gasteiger partial charge is 0.497 e. The molecule has 3 rings (SSSR count). The smallest absolute Gasteiger partial charge is 0.251 e. The normalized spacial score (nSPS) is 10.2. The summed E-state index contributed by atoms with van der Waals surface area (Å²) in [5, 5.41) is 2.86. The number of methoxy groups -OCH3 is 3. The van der Waals surface area contributed by atoms with Gasteiger partial charge in [-0.3, -0.25) is 4.79 Å². The van der Waals surface area contributed by atoms with Gasteiger partial charge in [0.2, 0.25) is 0 Å². The van der Waals surface area contributed by atoms with Crippen molar-refractivity contribution in [3.8, 4) is 28.5 Å². The van der Waals surface area contributed by atoms with Gasteiger partial charge in [-0.2, -0.15) is 0 Å². The van der Waals surface area contributed by atoms with E-state index in [9.17, 15) is 4.79 Å². The lowest BCUT2D eigenvalue weighted by Gasteiger charge is -2.10. The lowest BCUT2D eigenvalue weighted by Crippen LogP contribution is -2.23. The zero-order chi connectivity index (χ0) is 19.9. The second-order valence-corrected chi connectivity index (χ2v) is 5.88. The number of hydrogen-bond acceptors (Lipinski definition) is 6. The van der Waals surface area contributed by atoms with Gasteiger partial charge in [-0.25, -0.2) is 9.97 Å². The van der Waals surface area contributed by atoms with Crippen LogP contribution in [0.2, 0.25) is 0 Å². The first-order valence-corrected chi connectivity index (χ1v) is 8.60. The highest BCUT2D eigenvalue weighted by molar-refractivity contribution is 5.94. The van der Waals surface area contributed by atoms with Crippen LogP contribution in [0.15, 0.2) is 54.9 Å². The van der Waals surface area contributed by atoms with Gasteiger partial charge in [0.05, 0.1) is 39.3 Å². The fraction of sp³-hybridized carbons (Fsp3) is 0.190. The Morgan fingerprint density at radius 2 is 1.64 bits per heavy atom. The predicted octanol–water partition coefficient (Wildman–Crippen LogP) is 3.10. The Labute approximate surface area is 163 Å². The molecule has 0 radical (unpaired) electrons. The highest BCUT2D eigenvalue weighted by atomic mass is 16.5. The first-order valence-electron chi connectivity index (χ1n) is 8.60. The fourth-order valence-corrected chi connectivity index (χ4v) is 2.66. The Hall–Kier alpha value is -3.61. The van der Waals surface area contributed by atoms with Crippen LogP contribution in [0.3, 0.4) is 0 Å². The average molecular weight is 379 g/mol. The third kappa shape index (κ3) is 4.37. The van der Waals surface area contributed by atoms with E-state index in [1.54, 1.807) is 32.4 Å². The molecule has 0 unspecified atom stereocenters. The zero-order valence-electron chi connectivity index (χ0n) is 15.9. The van der Waals surface area contributed by atoms with E-state index in [-0.39, 0.29) is 12.5 Å². The SMILES string of the molecule is COc1ccc(-c2cc(CNC(=O)c3ccc(OC)c(OC)c3)ncn2)cc1. The van der Waals surface area contributed by atoms with Gasteiger partial charge in [-0.05, 0) is 48.5 Å². The molecule has 0 aliphatic rings. The molecule has 0 atom stereocenters. The molecule has 3 aromatic rings. The van der Waals surface area contributed by atoms with Gasteiger partial charge >= 0.3 is 0 Å². The molecule has 2 aromatic carbocycles. The van der Waals surface area contributed by atoms with Crippen LogP contribution >= 0.6 is 0 Å². The molecular formula is C21H21N3O4. The van der Waals surface area contributed by atoms with Crippen molar-refractivity contribution < 1.29 is 19.0 Å². The minimum absolute atomic E-state index is 0.231. The maximum absolute atomic E-state index is 12.4. The van der Waals surface area contributed by atoms with Gasteiger partial charge in [0.1, 0.15) is 12.1 Å². The summed E-state index contributed by atoms with van der Waals surface area (Å²) in [7, 11) is 4.70. The molecule has 1 aromatic heterocycles. The van der Waals surface area contributed by atoms with Crippen LogP contribution in [-0.2, 0) is 6.54 Å². The quantitative estimate of drug-likeness (QED) is 0.679. The fourth-order valence-electron chi connectivity index (χ4n) is 2.66. The minimum atomic E-state index is -0.231. The summed E-state index contributed by atoms with van der Waals surface area (Å²) < 4.78 is 15.6. The molecule has 1 amide bonds. The number of carbonyl (C=O) groups is 1. The first kappa shape index (κ1) is 19.2. The molecule has 1 heterocycles. The lowest BCUT2D eigenvalue weighted by molar-refractivity contribution is 0.0950. The van der Waals surface area contributed by atoms with E-state index in [4.69, 9.17) is 14.2 Å². The van der Waals surface area contributed by atoms with E-state index >= 15 is 0 Å². The number of ether oxygens (including phenoxy) is 3. The summed E-state index contributed by atoms with van der Waals surface area (Å²) in [6.07, 6.45) is 1.48. The molecule has 0 saturated heterocycles. The molecule has 28 heavy (non-hydrogen) atoms. The Bertz CT molecular complexity index is 958. The van der Waals surface area contributed by atoms with Crippen LogP contribution in [0.1, 0.15) is 16.1 Å². The summed E-state index contributed by atoms with van der Waals surface area (Å²) in [6.45, 7) is 0.277. The van der Waals surface area contributed by atoms with Crippen molar-refractivity contribution in [3.63, 3.8) is 0 Å². The van der Waals surface area contributed by atoms with Crippen molar-refractivity contribution in [3.05, 3.63) is 66.1 Å². The van der Waals surface area contributed by atoms with E-state index in [0.29, 0.717) is 22.8 Å². The highest BCUT2D eigenvalue weighted by Crippen LogP contribution is 2.27. The molecule has 0 fully saturated rings. The Morgan fingerprint density at radius 3 is 2.32 bits per heavy atom. The van der Waals surface area contributed by atoms with E-state index in [1.165, 1.54) is 13.4 Å². The Kier molecular flexibility index (Phi) is 6.06. The van der Waals surface area contributed by atoms with Crippen LogP contribution in [0.5, 0.6) is 17.2 Å². The summed E-state index contributed by atoms with van der Waals surface area (Å²) in [5.41, 5.74) is 2.89. The van der Waals surface area contributed by atoms with E-state index < -0.39 is 0 Å². The number of nitrogens with zero attached hydrogens (tertiary/aromatic N) is 2. The maximum Gasteiger partial charge on any atom is 0.251 e. The summed E-state index contributed by atoms with van der Waals surface area (Å²) in [6, 6.07) is 14.4. The van der Waals surface area contributed by atoms with Gasteiger partial charge < -0.3 is 19.5 Å². The van der Waals surface area contributed by atoms with Gasteiger partial charge in [-0.1, -0.05) is 0 Å². The lowest BCUT2D eigenvalue weighted by atomic mass is 10.1. The zero-order valence-corrected chi connectivity index (χ0v) is 15.9. The van der Waals surface area contributed by atoms with Crippen molar-refractivity contribution >= 4 is 5.91 Å². The topological polar surface area (TPSA) is 82.6 Å². The molecular weight excluding hydrogens is 358 g/mol. The van der Waals surface area contributed by atoms with E-state index in [2.05, 4.69) is 15.3 Å². The number of rotatable bonds is 7. The summed E-state index contributed by atoms with van der Waals surface area (Å²) in [5.74, 6) is 1.61. The second-order valence-electron chi connectivity index (χ2n) is 5.88. The van der Waals surface area contributed by atoms with Crippen LogP contribution in [0.4, 0.5) is 0 Å². The average Bonchev–Trinajstić information content (AvgIpc) is 2.77. The number of carbonyl (C=O) groups excluding carboxylic acids is 1. The second kappa shape index (κ2) is 8.85. The summed E-state index contributed by atoms with van der Waals surface area (Å²) in [4.78, 5) is 21.0. The molecule has 7 heteroatoms. The van der Waals surface area contributed by atoms with Crippen molar-refractivity contribution in [1.82, 2.24) is 15.3 Å². The molecule has 0 spiro atoms. The number of benzene rings is 2. The predicted molar refractivity (Wildman–Crippen MR) is 105 cm³/mol. The third-order valence-corrected chi connectivity index (χ3v) is 4.19.